The van der Waals surface area contributed by atoms with Crippen molar-refractivity contribution in [3.8, 4) is 0 Å². The molecular weight excluding hydrogens is 781 g/mol. The number of rotatable bonds is 44. The van der Waals surface area contributed by atoms with Crippen LogP contribution in [0.25, 0.3) is 0 Å². The lowest BCUT2D eigenvalue weighted by atomic mass is 10.1. The van der Waals surface area contributed by atoms with E-state index >= 15 is 0 Å². The van der Waals surface area contributed by atoms with Crippen molar-refractivity contribution in [2.75, 3.05) is 13.2 Å². The minimum Gasteiger partial charge on any atom is -0.462 e. The van der Waals surface area contributed by atoms with Crippen LogP contribution in [0.4, 0.5) is 0 Å². The first-order chi connectivity index (χ1) is 31.0. The van der Waals surface area contributed by atoms with Gasteiger partial charge >= 0.3 is 17.9 Å². The molecule has 6 nitrogen and oxygen atoms in total. The van der Waals surface area contributed by atoms with E-state index in [9.17, 15) is 14.4 Å². The van der Waals surface area contributed by atoms with E-state index in [1.807, 2.05) is 54.7 Å². The number of allylic oxidation sites excluding steroid dienone is 18. The Kier molecular flexibility index (Phi) is 47.5. The van der Waals surface area contributed by atoms with E-state index in [0.717, 1.165) is 89.9 Å². The molecule has 6 heteroatoms. The Morgan fingerprint density at radius 1 is 0.349 bits per heavy atom. The van der Waals surface area contributed by atoms with E-state index in [-0.39, 0.29) is 37.5 Å². The van der Waals surface area contributed by atoms with Gasteiger partial charge in [-0.05, 0) is 83.5 Å². The summed E-state index contributed by atoms with van der Waals surface area (Å²) in [5.74, 6) is -1.02. The quantitative estimate of drug-likeness (QED) is 0.0199. The van der Waals surface area contributed by atoms with Gasteiger partial charge < -0.3 is 14.2 Å². The summed E-state index contributed by atoms with van der Waals surface area (Å²) < 4.78 is 16.7. The highest BCUT2D eigenvalue weighted by Crippen LogP contribution is 2.13. The van der Waals surface area contributed by atoms with Gasteiger partial charge in [-0.15, -0.1) is 0 Å². The second kappa shape index (κ2) is 50.7. The highest BCUT2D eigenvalue weighted by molar-refractivity contribution is 5.71. The Morgan fingerprint density at radius 2 is 0.714 bits per heavy atom. The van der Waals surface area contributed by atoms with Gasteiger partial charge in [0, 0.05) is 19.3 Å². The second-order valence-corrected chi connectivity index (χ2v) is 16.5. The Hall–Kier alpha value is -3.93. The first-order valence-corrected chi connectivity index (χ1v) is 25.5. The van der Waals surface area contributed by atoms with E-state index in [1.165, 1.54) is 77.0 Å². The Balaban J connectivity index is 4.51. The van der Waals surface area contributed by atoms with Gasteiger partial charge in [-0.25, -0.2) is 0 Å². The lowest BCUT2D eigenvalue weighted by molar-refractivity contribution is -0.167. The molecule has 0 bridgehead atoms. The normalized spacial score (nSPS) is 13.0. The first kappa shape index (κ1) is 59.1. The zero-order valence-electron chi connectivity index (χ0n) is 40.5. The SMILES string of the molecule is CC\C=C/C=C\C=C/C=C\C=C/CCCC(=O)OCC(COC(=O)CCCCCCC/C=C\C=C/CCCCCCCCC)OC(=O)CCCCCCCCC/C=C\C/C=C\CC. The number of esters is 3. The number of ether oxygens (including phenoxy) is 3. The van der Waals surface area contributed by atoms with Crippen LogP contribution in [0.2, 0.25) is 0 Å². The monoisotopic (exact) mass is 873 g/mol. The van der Waals surface area contributed by atoms with Crippen molar-refractivity contribution in [2.24, 2.45) is 0 Å². The first-order valence-electron chi connectivity index (χ1n) is 25.5. The van der Waals surface area contributed by atoms with Crippen LogP contribution in [0.15, 0.2) is 109 Å². The number of carbonyl (C=O) groups is 3. The fraction of sp³-hybridized carbons (Fsp3) is 0.632. The van der Waals surface area contributed by atoms with Crippen molar-refractivity contribution in [1.82, 2.24) is 0 Å². The fourth-order valence-corrected chi connectivity index (χ4v) is 6.62. The summed E-state index contributed by atoms with van der Waals surface area (Å²) in [5, 5.41) is 0. The number of hydrogen-bond donors (Lipinski definition) is 0. The van der Waals surface area contributed by atoms with Crippen molar-refractivity contribution in [1.29, 1.82) is 0 Å². The highest BCUT2D eigenvalue weighted by Gasteiger charge is 2.19. The summed E-state index contributed by atoms with van der Waals surface area (Å²) in [7, 11) is 0. The largest absolute Gasteiger partial charge is 0.462 e. The van der Waals surface area contributed by atoms with Crippen LogP contribution in [0, 0.1) is 0 Å². The van der Waals surface area contributed by atoms with Gasteiger partial charge in [0.15, 0.2) is 6.10 Å². The molecular formula is C57H92O6. The summed E-state index contributed by atoms with van der Waals surface area (Å²) in [6.45, 7) is 6.28. The molecule has 356 valence electrons. The molecule has 0 heterocycles. The molecule has 0 aromatic rings. The number of hydrogen-bond acceptors (Lipinski definition) is 6. The van der Waals surface area contributed by atoms with E-state index < -0.39 is 6.10 Å². The van der Waals surface area contributed by atoms with Crippen LogP contribution in [0.1, 0.15) is 213 Å². The topological polar surface area (TPSA) is 78.9 Å². The third-order valence-electron chi connectivity index (χ3n) is 10.4. The molecule has 0 aliphatic heterocycles. The predicted molar refractivity (Wildman–Crippen MR) is 270 cm³/mol. The average molecular weight is 873 g/mol. The van der Waals surface area contributed by atoms with Crippen LogP contribution in [-0.4, -0.2) is 37.2 Å². The molecule has 0 saturated carbocycles. The molecule has 0 N–H and O–H groups in total. The minimum absolute atomic E-state index is 0.114. The van der Waals surface area contributed by atoms with Crippen LogP contribution in [-0.2, 0) is 28.6 Å². The Bertz CT molecular complexity index is 1330. The molecule has 1 atom stereocenters. The predicted octanol–water partition coefficient (Wildman–Crippen LogP) is 16.8. The maximum atomic E-state index is 12.8. The zero-order chi connectivity index (χ0) is 45.8. The van der Waals surface area contributed by atoms with Gasteiger partial charge in [0.25, 0.3) is 0 Å². The van der Waals surface area contributed by atoms with Crippen molar-refractivity contribution < 1.29 is 28.6 Å². The zero-order valence-corrected chi connectivity index (χ0v) is 40.5. The summed E-state index contributed by atoms with van der Waals surface area (Å²) in [4.78, 5) is 37.9. The van der Waals surface area contributed by atoms with Crippen LogP contribution >= 0.6 is 0 Å². The third kappa shape index (κ3) is 49.0. The van der Waals surface area contributed by atoms with Crippen molar-refractivity contribution in [3.05, 3.63) is 109 Å². The maximum absolute atomic E-state index is 12.8. The van der Waals surface area contributed by atoms with Gasteiger partial charge in [-0.3, -0.25) is 14.4 Å². The van der Waals surface area contributed by atoms with E-state index in [0.29, 0.717) is 19.3 Å². The van der Waals surface area contributed by atoms with Crippen LogP contribution < -0.4 is 0 Å². The van der Waals surface area contributed by atoms with Gasteiger partial charge in [0.05, 0.1) is 0 Å². The van der Waals surface area contributed by atoms with Crippen molar-refractivity contribution >= 4 is 17.9 Å². The molecule has 0 amide bonds. The molecule has 63 heavy (non-hydrogen) atoms. The van der Waals surface area contributed by atoms with Gasteiger partial charge in [0.2, 0.25) is 0 Å². The third-order valence-corrected chi connectivity index (χ3v) is 10.4. The fourth-order valence-electron chi connectivity index (χ4n) is 6.62. The molecule has 0 spiro atoms. The molecule has 0 fully saturated rings. The number of carbonyl (C=O) groups excluding carboxylic acids is 3. The second-order valence-electron chi connectivity index (χ2n) is 16.5. The highest BCUT2D eigenvalue weighted by atomic mass is 16.6. The summed E-state index contributed by atoms with van der Waals surface area (Å²) >= 11 is 0. The van der Waals surface area contributed by atoms with E-state index in [2.05, 4.69) is 75.5 Å². The average Bonchev–Trinajstić information content (AvgIpc) is 3.28. The van der Waals surface area contributed by atoms with Crippen molar-refractivity contribution in [2.45, 2.75) is 219 Å². The molecule has 0 radical (unpaired) electrons. The van der Waals surface area contributed by atoms with Gasteiger partial charge in [0.1, 0.15) is 13.2 Å². The number of unbranched alkanes of at least 4 members (excludes halogenated alkanes) is 20. The van der Waals surface area contributed by atoms with Crippen LogP contribution in [0.3, 0.4) is 0 Å². The molecule has 0 saturated heterocycles. The molecule has 0 aliphatic rings. The molecule has 0 aromatic heterocycles. The van der Waals surface area contributed by atoms with Gasteiger partial charge in [-0.2, -0.15) is 0 Å². The molecule has 1 unspecified atom stereocenters. The Labute approximate surface area is 387 Å². The smallest absolute Gasteiger partial charge is 0.306 e. The summed E-state index contributed by atoms with van der Waals surface area (Å²) in [6, 6.07) is 0. The van der Waals surface area contributed by atoms with Crippen LogP contribution in [0.5, 0.6) is 0 Å². The van der Waals surface area contributed by atoms with Crippen molar-refractivity contribution in [3.63, 3.8) is 0 Å². The lowest BCUT2D eigenvalue weighted by Gasteiger charge is -2.18. The standard InChI is InChI=1S/C57H92O6/c1-4-7-10-13-16-19-22-25-27-28-29-30-33-35-38-41-44-47-50-56(59)62-53-54(52-61-55(58)49-46-43-40-37-34-31-24-21-18-15-12-9-6-3)63-57(60)51-48-45-42-39-36-32-26-23-20-17-14-11-8-5-2/h8-9,11-12,15,17-18,20-21,24,27-31,34,37,40,54H,4-7,10,13-14,16,19,22-23,25-26,32-33,35-36,38-39,41-53H2,1-3H3/b11-8-,12-9-,18-15-,20-17-,24-21-,28-27-,30-29-,34-31-,40-37-. The van der Waals surface area contributed by atoms with E-state index in [4.69, 9.17) is 14.2 Å². The summed E-state index contributed by atoms with van der Waals surface area (Å²) in [6.07, 6.45) is 68.0. The molecule has 0 aromatic carbocycles. The molecule has 0 aliphatic carbocycles. The summed E-state index contributed by atoms with van der Waals surface area (Å²) in [5.41, 5.74) is 0. The van der Waals surface area contributed by atoms with Gasteiger partial charge in [-0.1, -0.05) is 220 Å². The maximum Gasteiger partial charge on any atom is 0.306 e. The van der Waals surface area contributed by atoms with E-state index in [1.54, 1.807) is 0 Å². The molecule has 0 rings (SSSR count). The Morgan fingerprint density at radius 3 is 1.22 bits per heavy atom. The minimum atomic E-state index is -0.819. The lowest BCUT2D eigenvalue weighted by Crippen LogP contribution is -2.30.